The maximum Gasteiger partial charge on any atom is 2.00 e. The Morgan fingerprint density at radius 2 is 1.11 bits per heavy atom. The van der Waals surface area contributed by atoms with E-state index in [0.717, 1.165) is 0 Å². The SMILES string of the molecule is Cc1ccc(C)cc1.[H-].[H-].[Mg+2]. The molecule has 1 aromatic carbocycles. The van der Waals surface area contributed by atoms with Crippen LogP contribution in [0.5, 0.6) is 0 Å². The minimum atomic E-state index is 0. The Hall–Kier alpha value is -0.0138. The summed E-state index contributed by atoms with van der Waals surface area (Å²) in [7, 11) is 0. The van der Waals surface area contributed by atoms with Gasteiger partial charge in [-0.1, -0.05) is 35.4 Å². The first kappa shape index (κ1) is 8.99. The summed E-state index contributed by atoms with van der Waals surface area (Å²) >= 11 is 0. The van der Waals surface area contributed by atoms with Crippen LogP contribution in [-0.4, -0.2) is 23.1 Å². The average molecular weight is 132 g/mol. The maximum absolute atomic E-state index is 2.12. The molecule has 0 saturated heterocycles. The molecule has 0 bridgehead atoms. The number of benzene rings is 1. The minimum Gasteiger partial charge on any atom is -1.00 e. The van der Waals surface area contributed by atoms with E-state index in [2.05, 4.69) is 38.1 Å². The van der Waals surface area contributed by atoms with Gasteiger partial charge < -0.3 is 2.85 Å². The Morgan fingerprint density at radius 1 is 0.889 bits per heavy atom. The van der Waals surface area contributed by atoms with Gasteiger partial charge in [0, 0.05) is 0 Å². The van der Waals surface area contributed by atoms with Crippen molar-refractivity contribution in [2.75, 3.05) is 0 Å². The zero-order valence-electron chi connectivity index (χ0n) is 8.02. The Labute approximate surface area is 75.4 Å². The van der Waals surface area contributed by atoms with Gasteiger partial charge >= 0.3 is 23.1 Å². The number of rotatable bonds is 0. The number of hydrogen-bond donors (Lipinski definition) is 0. The Bertz CT molecular complexity index is 151. The first-order valence-electron chi connectivity index (χ1n) is 2.82. The summed E-state index contributed by atoms with van der Waals surface area (Å²) in [5.41, 5.74) is 2.66. The predicted octanol–water partition coefficient (Wildman–Crippen LogP) is 2.15. The van der Waals surface area contributed by atoms with E-state index in [1.54, 1.807) is 0 Å². The summed E-state index contributed by atoms with van der Waals surface area (Å²) in [6.07, 6.45) is 0. The van der Waals surface area contributed by atoms with Gasteiger partial charge in [-0.15, -0.1) is 0 Å². The second-order valence-electron chi connectivity index (χ2n) is 2.15. The quantitative estimate of drug-likeness (QED) is 0.475. The molecular formula is C8H12Mg. The van der Waals surface area contributed by atoms with Gasteiger partial charge in [0.25, 0.3) is 0 Å². The first-order chi connectivity index (χ1) is 3.79. The Kier molecular flexibility index (Phi) is 3.90. The summed E-state index contributed by atoms with van der Waals surface area (Å²) < 4.78 is 0. The molecule has 0 aliphatic carbocycles. The molecule has 1 heteroatoms. The fourth-order valence-corrected chi connectivity index (χ4v) is 0.637. The van der Waals surface area contributed by atoms with Crippen molar-refractivity contribution in [2.24, 2.45) is 0 Å². The van der Waals surface area contributed by atoms with Gasteiger partial charge in [0.2, 0.25) is 0 Å². The molecule has 0 fully saturated rings. The Balaban J connectivity index is -0.000000213. The van der Waals surface area contributed by atoms with E-state index in [1.165, 1.54) is 11.1 Å². The summed E-state index contributed by atoms with van der Waals surface area (Å²) in [6.45, 7) is 4.19. The van der Waals surface area contributed by atoms with E-state index >= 15 is 0 Å². The van der Waals surface area contributed by atoms with E-state index in [4.69, 9.17) is 0 Å². The molecule has 1 rings (SSSR count). The molecule has 9 heavy (non-hydrogen) atoms. The molecule has 0 spiro atoms. The average Bonchev–Trinajstić information content (AvgIpc) is 1.77. The smallest absolute Gasteiger partial charge is 1.00 e. The molecule has 0 aromatic heterocycles. The summed E-state index contributed by atoms with van der Waals surface area (Å²) in [6, 6.07) is 8.48. The van der Waals surface area contributed by atoms with Crippen molar-refractivity contribution in [3.8, 4) is 0 Å². The molecule has 0 N–H and O–H groups in total. The fraction of sp³-hybridized carbons (Fsp3) is 0.250. The van der Waals surface area contributed by atoms with Gasteiger partial charge in [-0.2, -0.15) is 0 Å². The molecule has 0 heterocycles. The minimum absolute atomic E-state index is 0. The van der Waals surface area contributed by atoms with E-state index in [9.17, 15) is 0 Å². The third-order valence-corrected chi connectivity index (χ3v) is 1.22. The second-order valence-corrected chi connectivity index (χ2v) is 2.15. The van der Waals surface area contributed by atoms with Gasteiger partial charge in [-0.25, -0.2) is 0 Å². The topological polar surface area (TPSA) is 0 Å². The number of aryl methyl sites for hydroxylation is 2. The van der Waals surface area contributed by atoms with E-state index in [-0.39, 0.29) is 25.9 Å². The molecule has 0 aliphatic rings. The Morgan fingerprint density at radius 3 is 1.33 bits per heavy atom. The van der Waals surface area contributed by atoms with Crippen LogP contribution in [0.15, 0.2) is 24.3 Å². The maximum atomic E-state index is 2.12. The third kappa shape index (κ3) is 2.87. The van der Waals surface area contributed by atoms with Crippen LogP contribution in [0.1, 0.15) is 14.0 Å². The zero-order valence-corrected chi connectivity index (χ0v) is 7.43. The van der Waals surface area contributed by atoms with Crippen LogP contribution >= 0.6 is 0 Å². The second kappa shape index (κ2) is 3.91. The van der Waals surface area contributed by atoms with Crippen molar-refractivity contribution in [1.29, 1.82) is 0 Å². The van der Waals surface area contributed by atoms with Crippen molar-refractivity contribution >= 4 is 23.1 Å². The van der Waals surface area contributed by atoms with Gasteiger partial charge in [-0.05, 0) is 13.8 Å². The van der Waals surface area contributed by atoms with Gasteiger partial charge in [-0.3, -0.25) is 0 Å². The van der Waals surface area contributed by atoms with Crippen LogP contribution in [0.3, 0.4) is 0 Å². The molecular weight excluding hydrogens is 120 g/mol. The van der Waals surface area contributed by atoms with Gasteiger partial charge in [0.15, 0.2) is 0 Å². The van der Waals surface area contributed by atoms with E-state index in [1.807, 2.05) is 0 Å². The van der Waals surface area contributed by atoms with Crippen LogP contribution in [0.25, 0.3) is 0 Å². The number of hydrogen-bond acceptors (Lipinski definition) is 0. The van der Waals surface area contributed by atoms with Crippen molar-refractivity contribution in [2.45, 2.75) is 13.8 Å². The van der Waals surface area contributed by atoms with Crippen LogP contribution in [0.4, 0.5) is 0 Å². The summed E-state index contributed by atoms with van der Waals surface area (Å²) in [5.74, 6) is 0. The molecule has 46 valence electrons. The fourth-order valence-electron chi connectivity index (χ4n) is 0.637. The molecule has 0 saturated carbocycles. The predicted molar refractivity (Wildman–Crippen MR) is 43.9 cm³/mol. The van der Waals surface area contributed by atoms with Crippen LogP contribution in [-0.2, 0) is 0 Å². The van der Waals surface area contributed by atoms with Gasteiger partial charge in [0.05, 0.1) is 0 Å². The molecule has 0 aliphatic heterocycles. The first-order valence-corrected chi connectivity index (χ1v) is 2.82. The molecule has 0 atom stereocenters. The van der Waals surface area contributed by atoms with Crippen LogP contribution in [0.2, 0.25) is 0 Å². The summed E-state index contributed by atoms with van der Waals surface area (Å²) in [4.78, 5) is 0. The van der Waals surface area contributed by atoms with Crippen LogP contribution < -0.4 is 0 Å². The van der Waals surface area contributed by atoms with Crippen molar-refractivity contribution in [3.05, 3.63) is 35.4 Å². The van der Waals surface area contributed by atoms with E-state index in [0.29, 0.717) is 0 Å². The molecule has 0 amide bonds. The molecule has 0 radical (unpaired) electrons. The van der Waals surface area contributed by atoms with Crippen molar-refractivity contribution in [3.63, 3.8) is 0 Å². The van der Waals surface area contributed by atoms with E-state index < -0.39 is 0 Å². The summed E-state index contributed by atoms with van der Waals surface area (Å²) in [5, 5.41) is 0. The largest absolute Gasteiger partial charge is 2.00 e. The standard InChI is InChI=1S/C8H10.Mg.2H/c1-7-3-5-8(2)6-4-7;;;/h3-6H,1-2H3;;;/q;+2;2*-1. The molecule has 0 unspecified atom stereocenters. The van der Waals surface area contributed by atoms with Crippen molar-refractivity contribution in [1.82, 2.24) is 0 Å². The monoisotopic (exact) mass is 132 g/mol. The molecule has 1 aromatic rings. The van der Waals surface area contributed by atoms with Crippen LogP contribution in [0, 0.1) is 13.8 Å². The zero-order chi connectivity index (χ0) is 5.98. The van der Waals surface area contributed by atoms with Crippen molar-refractivity contribution < 1.29 is 2.85 Å². The third-order valence-electron chi connectivity index (χ3n) is 1.22. The molecule has 0 nitrogen and oxygen atoms in total. The normalized spacial score (nSPS) is 8.22. The van der Waals surface area contributed by atoms with Gasteiger partial charge in [0.1, 0.15) is 0 Å².